The summed E-state index contributed by atoms with van der Waals surface area (Å²) in [5.74, 6) is 1.43. The Kier molecular flexibility index (Phi) is 2.10. The molecule has 0 aromatic heterocycles. The van der Waals surface area contributed by atoms with Gasteiger partial charge in [-0.1, -0.05) is 6.07 Å². The predicted molar refractivity (Wildman–Crippen MR) is 48.1 cm³/mol. The molecule has 1 aliphatic rings. The summed E-state index contributed by atoms with van der Waals surface area (Å²) in [5, 5.41) is 9.71. The van der Waals surface area contributed by atoms with Gasteiger partial charge in [0.2, 0.25) is 0 Å². The molecule has 1 heterocycles. The highest BCUT2D eigenvalue weighted by Crippen LogP contribution is 2.38. The fourth-order valence-electron chi connectivity index (χ4n) is 1.58. The van der Waals surface area contributed by atoms with Crippen molar-refractivity contribution >= 4 is 0 Å². The van der Waals surface area contributed by atoms with Crippen molar-refractivity contribution in [1.82, 2.24) is 0 Å². The molecule has 13 heavy (non-hydrogen) atoms. The summed E-state index contributed by atoms with van der Waals surface area (Å²) < 4.78 is 10.5. The molecule has 0 unspecified atom stereocenters. The van der Waals surface area contributed by atoms with Crippen LogP contribution >= 0.6 is 0 Å². The first kappa shape index (κ1) is 8.38. The van der Waals surface area contributed by atoms with Gasteiger partial charge in [-0.15, -0.1) is 0 Å². The Labute approximate surface area is 76.9 Å². The standard InChI is InChI=1S/C10H12O3/c1-12-8-3-2-4-9-10(8)7(11)5-6-13-9/h2-4,7,11H,5-6H2,1H3/t7-/m0/s1. The predicted octanol–water partition coefficient (Wildman–Crippen LogP) is 1.51. The fraction of sp³-hybridized carbons (Fsp3) is 0.400. The Bertz CT molecular complexity index is 295. The molecule has 70 valence electrons. The molecule has 0 amide bonds. The molecule has 0 bridgehead atoms. The Morgan fingerprint density at radius 2 is 2.38 bits per heavy atom. The van der Waals surface area contributed by atoms with Crippen LogP contribution in [0.2, 0.25) is 0 Å². The van der Waals surface area contributed by atoms with Crippen LogP contribution < -0.4 is 9.47 Å². The summed E-state index contributed by atoms with van der Waals surface area (Å²) in [6.45, 7) is 0.571. The first-order chi connectivity index (χ1) is 6.33. The average molecular weight is 180 g/mol. The molecule has 2 rings (SSSR count). The maximum absolute atomic E-state index is 9.71. The zero-order chi connectivity index (χ0) is 9.26. The van der Waals surface area contributed by atoms with E-state index in [2.05, 4.69) is 0 Å². The first-order valence-corrected chi connectivity index (χ1v) is 4.30. The number of fused-ring (bicyclic) bond motifs is 1. The van der Waals surface area contributed by atoms with Gasteiger partial charge in [-0.3, -0.25) is 0 Å². The van der Waals surface area contributed by atoms with E-state index in [1.165, 1.54) is 0 Å². The first-order valence-electron chi connectivity index (χ1n) is 4.30. The van der Waals surface area contributed by atoms with Crippen LogP contribution in [-0.4, -0.2) is 18.8 Å². The third-order valence-electron chi connectivity index (χ3n) is 2.23. The van der Waals surface area contributed by atoms with Crippen molar-refractivity contribution in [3.8, 4) is 11.5 Å². The van der Waals surface area contributed by atoms with Crippen LogP contribution in [0.3, 0.4) is 0 Å². The van der Waals surface area contributed by atoms with E-state index in [-0.39, 0.29) is 0 Å². The minimum atomic E-state index is -0.458. The normalized spacial score (nSPS) is 20.3. The summed E-state index contributed by atoms with van der Waals surface area (Å²) in [6, 6.07) is 5.53. The lowest BCUT2D eigenvalue weighted by Gasteiger charge is -2.23. The third kappa shape index (κ3) is 1.35. The smallest absolute Gasteiger partial charge is 0.128 e. The van der Waals surface area contributed by atoms with Crippen LogP contribution in [0.5, 0.6) is 11.5 Å². The molecule has 1 aromatic carbocycles. The summed E-state index contributed by atoms with van der Waals surface area (Å²) in [6.07, 6.45) is 0.174. The lowest BCUT2D eigenvalue weighted by Crippen LogP contribution is -2.14. The van der Waals surface area contributed by atoms with E-state index in [0.717, 1.165) is 11.3 Å². The third-order valence-corrected chi connectivity index (χ3v) is 2.23. The Hall–Kier alpha value is -1.22. The van der Waals surface area contributed by atoms with Crippen LogP contribution in [0.15, 0.2) is 18.2 Å². The average Bonchev–Trinajstić information content (AvgIpc) is 2.17. The molecule has 3 nitrogen and oxygen atoms in total. The van der Waals surface area contributed by atoms with Gasteiger partial charge in [0.05, 0.1) is 25.4 Å². The molecule has 0 fully saturated rings. The molecule has 0 saturated carbocycles. The van der Waals surface area contributed by atoms with Gasteiger partial charge in [-0.2, -0.15) is 0 Å². The van der Waals surface area contributed by atoms with E-state index in [1.54, 1.807) is 7.11 Å². The Morgan fingerprint density at radius 3 is 3.15 bits per heavy atom. The number of rotatable bonds is 1. The summed E-state index contributed by atoms with van der Waals surface area (Å²) in [4.78, 5) is 0. The molecule has 1 N–H and O–H groups in total. The minimum absolute atomic E-state index is 0.458. The molecule has 3 heteroatoms. The molecule has 1 aliphatic heterocycles. The van der Waals surface area contributed by atoms with Crippen LogP contribution in [0.4, 0.5) is 0 Å². The quantitative estimate of drug-likeness (QED) is 0.712. The van der Waals surface area contributed by atoms with Gasteiger partial charge in [0, 0.05) is 6.42 Å². The van der Waals surface area contributed by atoms with Crippen LogP contribution in [-0.2, 0) is 0 Å². The van der Waals surface area contributed by atoms with Crippen molar-refractivity contribution in [1.29, 1.82) is 0 Å². The highest BCUT2D eigenvalue weighted by atomic mass is 16.5. The van der Waals surface area contributed by atoms with Crippen molar-refractivity contribution in [2.24, 2.45) is 0 Å². The van der Waals surface area contributed by atoms with Crippen molar-refractivity contribution in [2.75, 3.05) is 13.7 Å². The zero-order valence-electron chi connectivity index (χ0n) is 7.49. The van der Waals surface area contributed by atoms with Crippen LogP contribution in [0, 0.1) is 0 Å². The van der Waals surface area contributed by atoms with Gasteiger partial charge in [0.1, 0.15) is 11.5 Å². The molecular formula is C10H12O3. The number of hydrogen-bond donors (Lipinski definition) is 1. The second kappa shape index (κ2) is 3.26. The topological polar surface area (TPSA) is 38.7 Å². The van der Waals surface area contributed by atoms with E-state index < -0.39 is 6.10 Å². The molecule has 0 saturated heterocycles. The maximum Gasteiger partial charge on any atom is 0.128 e. The number of ether oxygens (including phenoxy) is 2. The highest BCUT2D eigenvalue weighted by molar-refractivity contribution is 5.47. The largest absolute Gasteiger partial charge is 0.496 e. The Morgan fingerprint density at radius 1 is 1.54 bits per heavy atom. The molecule has 0 aliphatic carbocycles. The number of aliphatic hydroxyl groups is 1. The summed E-state index contributed by atoms with van der Waals surface area (Å²) >= 11 is 0. The SMILES string of the molecule is COc1cccc2c1[C@@H](O)CCO2. The molecule has 1 aromatic rings. The maximum atomic E-state index is 9.71. The number of methoxy groups -OCH3 is 1. The van der Waals surface area contributed by atoms with Crippen molar-refractivity contribution in [3.63, 3.8) is 0 Å². The van der Waals surface area contributed by atoms with Gasteiger partial charge >= 0.3 is 0 Å². The molecule has 0 radical (unpaired) electrons. The molecule has 0 spiro atoms. The van der Waals surface area contributed by atoms with Crippen LogP contribution in [0.25, 0.3) is 0 Å². The second-order valence-electron chi connectivity index (χ2n) is 3.03. The zero-order valence-corrected chi connectivity index (χ0v) is 7.49. The van der Waals surface area contributed by atoms with Crippen molar-refractivity contribution in [2.45, 2.75) is 12.5 Å². The number of benzene rings is 1. The van der Waals surface area contributed by atoms with Gasteiger partial charge < -0.3 is 14.6 Å². The lowest BCUT2D eigenvalue weighted by molar-refractivity contribution is 0.112. The van der Waals surface area contributed by atoms with E-state index in [4.69, 9.17) is 9.47 Å². The summed E-state index contributed by atoms with van der Waals surface area (Å²) in [5.41, 5.74) is 0.774. The number of hydrogen-bond acceptors (Lipinski definition) is 3. The van der Waals surface area contributed by atoms with Crippen LogP contribution in [0.1, 0.15) is 18.1 Å². The highest BCUT2D eigenvalue weighted by Gasteiger charge is 2.22. The van der Waals surface area contributed by atoms with Crippen molar-refractivity contribution in [3.05, 3.63) is 23.8 Å². The van der Waals surface area contributed by atoms with Gasteiger partial charge in [0.15, 0.2) is 0 Å². The van der Waals surface area contributed by atoms with E-state index in [0.29, 0.717) is 18.8 Å². The lowest BCUT2D eigenvalue weighted by atomic mass is 10.0. The van der Waals surface area contributed by atoms with E-state index in [9.17, 15) is 5.11 Å². The minimum Gasteiger partial charge on any atom is -0.496 e. The van der Waals surface area contributed by atoms with E-state index in [1.807, 2.05) is 18.2 Å². The monoisotopic (exact) mass is 180 g/mol. The van der Waals surface area contributed by atoms with Gasteiger partial charge in [-0.25, -0.2) is 0 Å². The van der Waals surface area contributed by atoms with E-state index >= 15 is 0 Å². The Balaban J connectivity index is 2.50. The number of aliphatic hydroxyl groups excluding tert-OH is 1. The summed E-state index contributed by atoms with van der Waals surface area (Å²) in [7, 11) is 1.59. The molecular weight excluding hydrogens is 168 g/mol. The molecule has 1 atom stereocenters. The van der Waals surface area contributed by atoms with Crippen molar-refractivity contribution < 1.29 is 14.6 Å². The van der Waals surface area contributed by atoms with Gasteiger partial charge in [-0.05, 0) is 12.1 Å². The van der Waals surface area contributed by atoms with Gasteiger partial charge in [0.25, 0.3) is 0 Å². The fourth-order valence-corrected chi connectivity index (χ4v) is 1.58. The second-order valence-corrected chi connectivity index (χ2v) is 3.03.